The zero-order valence-electron chi connectivity index (χ0n) is 22.5. The highest BCUT2D eigenvalue weighted by Gasteiger charge is 2.29. The summed E-state index contributed by atoms with van der Waals surface area (Å²) in [4.78, 5) is 36.9. The summed E-state index contributed by atoms with van der Waals surface area (Å²) in [7, 11) is 0. The first-order chi connectivity index (χ1) is 19.2. The van der Waals surface area contributed by atoms with Crippen LogP contribution >= 0.6 is 23.2 Å². The quantitative estimate of drug-likeness (QED) is 0.280. The average Bonchev–Trinajstić information content (AvgIpc) is 3.38. The Morgan fingerprint density at radius 3 is 2.30 bits per heavy atom. The predicted octanol–water partition coefficient (Wildman–Crippen LogP) is 5.89. The van der Waals surface area contributed by atoms with Gasteiger partial charge in [0.05, 0.1) is 16.5 Å². The van der Waals surface area contributed by atoms with Crippen molar-refractivity contribution >= 4 is 41.0 Å². The molecule has 0 spiro atoms. The molecule has 4 rings (SSSR count). The maximum atomic E-state index is 13.1. The molecule has 0 aliphatic carbocycles. The number of hydrogen-bond donors (Lipinski definition) is 2. The van der Waals surface area contributed by atoms with Crippen LogP contribution in [0.3, 0.4) is 0 Å². The minimum atomic E-state index is -1.26. The molecule has 2 fully saturated rings. The Hall–Kier alpha value is -3.13. The van der Waals surface area contributed by atoms with Crippen molar-refractivity contribution in [3.8, 4) is 0 Å². The van der Waals surface area contributed by atoms with Gasteiger partial charge < -0.3 is 15.1 Å². The fraction of sp³-hybridized carbons (Fsp3) is 0.387. The van der Waals surface area contributed by atoms with E-state index in [4.69, 9.17) is 33.4 Å². The van der Waals surface area contributed by atoms with Crippen LogP contribution in [0.2, 0.25) is 10.0 Å². The van der Waals surface area contributed by atoms with Gasteiger partial charge in [-0.05, 0) is 61.8 Å². The molecule has 0 aromatic heterocycles. The van der Waals surface area contributed by atoms with Gasteiger partial charge in [-0.1, -0.05) is 71.2 Å². The molecule has 2 saturated heterocycles. The van der Waals surface area contributed by atoms with Gasteiger partial charge in [0.15, 0.2) is 0 Å². The van der Waals surface area contributed by atoms with Gasteiger partial charge in [0.2, 0.25) is 5.91 Å². The second-order valence-corrected chi connectivity index (χ2v) is 10.9. The number of carbonyl (C=O) groups is 3. The molecule has 0 saturated carbocycles. The topological polar surface area (TPSA) is 98.2 Å². The molecule has 40 heavy (non-hydrogen) atoms. The van der Waals surface area contributed by atoms with E-state index in [1.807, 2.05) is 12.1 Å². The van der Waals surface area contributed by atoms with Gasteiger partial charge >= 0.3 is 11.9 Å². The van der Waals surface area contributed by atoms with Crippen LogP contribution in [0.15, 0.2) is 72.3 Å². The van der Waals surface area contributed by atoms with Crippen LogP contribution in [0.5, 0.6) is 0 Å². The van der Waals surface area contributed by atoms with E-state index in [1.54, 1.807) is 11.6 Å². The molecule has 2 N–H and O–H groups in total. The van der Waals surface area contributed by atoms with E-state index in [-0.39, 0.29) is 5.91 Å². The normalized spacial score (nSPS) is 18.5. The summed E-state index contributed by atoms with van der Waals surface area (Å²) in [6, 6.07) is 16.5. The van der Waals surface area contributed by atoms with Gasteiger partial charge in [-0.25, -0.2) is 9.59 Å². The first-order valence-corrected chi connectivity index (χ1v) is 14.3. The van der Waals surface area contributed by atoms with E-state index >= 15 is 0 Å². The van der Waals surface area contributed by atoms with Crippen LogP contribution in [0.1, 0.15) is 43.2 Å². The van der Waals surface area contributed by atoms with Crippen molar-refractivity contribution in [2.75, 3.05) is 26.2 Å². The van der Waals surface area contributed by atoms with Crippen molar-refractivity contribution < 1.29 is 24.6 Å². The lowest BCUT2D eigenvalue weighted by Gasteiger charge is -2.38. The highest BCUT2D eigenvalue weighted by Crippen LogP contribution is 2.25. The number of carboxylic acid groups (broad SMARTS) is 2. The van der Waals surface area contributed by atoms with Gasteiger partial charge in [-0.2, -0.15) is 0 Å². The molecule has 2 aromatic carbocycles. The van der Waals surface area contributed by atoms with Crippen molar-refractivity contribution in [3.63, 3.8) is 0 Å². The highest BCUT2D eigenvalue weighted by molar-refractivity contribution is 6.42. The highest BCUT2D eigenvalue weighted by atomic mass is 35.5. The molecule has 2 aliphatic rings. The number of benzene rings is 2. The number of allylic oxidation sites excluding steroid dienone is 1. The Kier molecular flexibility index (Phi) is 12.7. The van der Waals surface area contributed by atoms with Gasteiger partial charge in [0.1, 0.15) is 0 Å². The fourth-order valence-corrected chi connectivity index (χ4v) is 5.36. The van der Waals surface area contributed by atoms with E-state index < -0.39 is 11.9 Å². The Balaban J connectivity index is 0.000000482. The van der Waals surface area contributed by atoms with Crippen LogP contribution in [0.4, 0.5) is 0 Å². The number of amides is 1. The molecule has 9 heteroatoms. The monoisotopic (exact) mass is 586 g/mol. The van der Waals surface area contributed by atoms with Crippen molar-refractivity contribution in [2.45, 2.75) is 51.0 Å². The van der Waals surface area contributed by atoms with Crippen molar-refractivity contribution in [2.24, 2.45) is 0 Å². The second-order valence-electron chi connectivity index (χ2n) is 10.0. The summed E-state index contributed by atoms with van der Waals surface area (Å²) in [6.07, 6.45) is 10.7. The van der Waals surface area contributed by atoms with Crippen LogP contribution < -0.4 is 0 Å². The molecule has 214 valence electrons. The zero-order chi connectivity index (χ0) is 28.9. The average molecular weight is 588 g/mol. The number of carboxylic acids is 2. The first-order valence-electron chi connectivity index (χ1n) is 13.5. The van der Waals surface area contributed by atoms with Crippen molar-refractivity contribution in [1.82, 2.24) is 9.80 Å². The molecular formula is C31H36Cl2N2O5. The van der Waals surface area contributed by atoms with E-state index in [0.29, 0.717) is 34.7 Å². The summed E-state index contributed by atoms with van der Waals surface area (Å²) >= 11 is 12.2. The number of aliphatic carboxylic acids is 2. The number of halogens is 2. The Bertz CT molecular complexity index is 1200. The first kappa shape index (κ1) is 31.4. The third kappa shape index (κ3) is 10.8. The second kappa shape index (κ2) is 16.2. The molecule has 1 atom stereocenters. The molecule has 2 aromatic rings. The summed E-state index contributed by atoms with van der Waals surface area (Å²) in [5.74, 6) is -2.31. The lowest BCUT2D eigenvalue weighted by Crippen LogP contribution is -2.49. The number of nitrogens with zero attached hydrogens (tertiary/aromatic N) is 2. The van der Waals surface area contributed by atoms with Crippen LogP contribution in [-0.4, -0.2) is 70.1 Å². The standard InChI is InChI=1S/C27H32Cl2N2O.C4H4O4/c28-25-13-12-23(17-26(25)29)18-27(32)31-15-5-4-11-24(31)20-30-16-14-22(19-30)10-6-9-21-7-2-1-3-8-21;5-3(6)1-2-4(7)8/h1-3,7-8,10,12-13,17,24H,4-6,9,11,14-16,18-20H2;1-2H,(H,5,6)(H,7,8)/b;2-1-. The predicted molar refractivity (Wildman–Crippen MR) is 158 cm³/mol. The molecule has 2 heterocycles. The van der Waals surface area contributed by atoms with Gasteiger partial charge in [-0.15, -0.1) is 0 Å². The zero-order valence-corrected chi connectivity index (χ0v) is 24.0. The lowest BCUT2D eigenvalue weighted by molar-refractivity contribution is -0.134. The summed E-state index contributed by atoms with van der Waals surface area (Å²) in [6.45, 7) is 3.98. The number of likely N-dealkylation sites (tertiary alicyclic amines) is 2. The van der Waals surface area contributed by atoms with Gasteiger partial charge in [0, 0.05) is 44.4 Å². The number of piperidine rings is 1. The van der Waals surface area contributed by atoms with Crippen LogP contribution in [-0.2, 0) is 27.2 Å². The molecule has 1 amide bonds. The Morgan fingerprint density at radius 2 is 1.62 bits per heavy atom. The van der Waals surface area contributed by atoms with E-state index in [9.17, 15) is 14.4 Å². The van der Waals surface area contributed by atoms with E-state index in [1.165, 1.54) is 12.0 Å². The number of carbonyl (C=O) groups excluding carboxylic acids is 1. The number of aryl methyl sites for hydroxylation is 1. The third-order valence-electron chi connectivity index (χ3n) is 7.01. The third-order valence-corrected chi connectivity index (χ3v) is 7.75. The molecular weight excluding hydrogens is 551 g/mol. The minimum Gasteiger partial charge on any atom is -0.478 e. The van der Waals surface area contributed by atoms with E-state index in [2.05, 4.69) is 46.2 Å². The van der Waals surface area contributed by atoms with E-state index in [0.717, 1.165) is 63.8 Å². The summed E-state index contributed by atoms with van der Waals surface area (Å²) in [5.41, 5.74) is 3.88. The molecule has 0 radical (unpaired) electrons. The van der Waals surface area contributed by atoms with Crippen molar-refractivity contribution in [3.05, 3.63) is 93.5 Å². The van der Waals surface area contributed by atoms with Crippen LogP contribution in [0.25, 0.3) is 0 Å². The summed E-state index contributed by atoms with van der Waals surface area (Å²) < 4.78 is 0. The number of hydrogen-bond acceptors (Lipinski definition) is 4. The van der Waals surface area contributed by atoms with Crippen molar-refractivity contribution in [1.29, 1.82) is 0 Å². The molecule has 7 nitrogen and oxygen atoms in total. The maximum absolute atomic E-state index is 13.1. The Labute approximate surface area is 245 Å². The Morgan fingerprint density at radius 1 is 0.900 bits per heavy atom. The summed E-state index contributed by atoms with van der Waals surface area (Å²) in [5, 5.41) is 16.7. The lowest BCUT2D eigenvalue weighted by atomic mass is 10.00. The van der Waals surface area contributed by atoms with Crippen LogP contribution in [0, 0.1) is 0 Å². The maximum Gasteiger partial charge on any atom is 0.328 e. The van der Waals surface area contributed by atoms with Gasteiger partial charge in [-0.3, -0.25) is 9.69 Å². The number of rotatable bonds is 9. The largest absolute Gasteiger partial charge is 0.478 e. The SMILES string of the molecule is O=C(Cc1ccc(Cl)c(Cl)c1)N1CCCCC1CN1CCC(=CCCc2ccccc2)C1.O=C(O)/C=C\C(=O)O. The molecule has 0 bridgehead atoms. The molecule has 1 unspecified atom stereocenters. The van der Waals surface area contributed by atoms with Gasteiger partial charge in [0.25, 0.3) is 0 Å². The fourth-order valence-electron chi connectivity index (χ4n) is 5.04. The smallest absolute Gasteiger partial charge is 0.328 e. The molecule has 2 aliphatic heterocycles. The minimum absolute atomic E-state index is 0.200.